The van der Waals surface area contributed by atoms with Gasteiger partial charge in [-0.25, -0.2) is 0 Å². The number of rotatable bonds is 3. The van der Waals surface area contributed by atoms with E-state index < -0.39 is 6.10 Å². The average molecular weight is 190 g/mol. The van der Waals surface area contributed by atoms with E-state index in [4.69, 9.17) is 16.6 Å². The van der Waals surface area contributed by atoms with Crippen molar-refractivity contribution in [3.8, 4) is 0 Å². The predicted molar refractivity (Wildman–Crippen MR) is 54.5 cm³/mol. The molecule has 0 amide bonds. The number of piperazine rings is 1. The Balaban J connectivity index is 0.000000223. The van der Waals surface area contributed by atoms with E-state index in [1.165, 1.54) is 0 Å². The lowest BCUT2D eigenvalue weighted by atomic mass is 10.3. The highest BCUT2D eigenvalue weighted by Crippen LogP contribution is 1.81. The molecule has 5 nitrogen and oxygen atoms in total. The van der Waals surface area contributed by atoms with Crippen LogP contribution in [0.15, 0.2) is 0 Å². The van der Waals surface area contributed by atoms with Crippen molar-refractivity contribution in [2.75, 3.05) is 39.3 Å². The van der Waals surface area contributed by atoms with Gasteiger partial charge in [-0.15, -0.1) is 0 Å². The van der Waals surface area contributed by atoms with Crippen LogP contribution in [-0.2, 0) is 0 Å². The first-order valence-corrected chi connectivity index (χ1v) is 4.81. The van der Waals surface area contributed by atoms with Gasteiger partial charge in [0, 0.05) is 32.7 Å². The van der Waals surface area contributed by atoms with Crippen molar-refractivity contribution in [3.63, 3.8) is 0 Å². The fourth-order valence-corrected chi connectivity index (χ4v) is 0.914. The molecular weight excluding hydrogens is 168 g/mol. The van der Waals surface area contributed by atoms with Crippen molar-refractivity contribution >= 4 is 0 Å². The molecule has 0 bridgehead atoms. The van der Waals surface area contributed by atoms with Crippen LogP contribution >= 0.6 is 0 Å². The molecule has 1 aliphatic heterocycles. The van der Waals surface area contributed by atoms with Gasteiger partial charge >= 0.3 is 0 Å². The third-order valence-corrected chi connectivity index (χ3v) is 1.73. The molecule has 1 rings (SSSR count). The van der Waals surface area contributed by atoms with Crippen LogP contribution in [0.3, 0.4) is 0 Å². The minimum absolute atomic E-state index is 0.317. The summed E-state index contributed by atoms with van der Waals surface area (Å²) in [5.41, 5.74) is 10.1. The zero-order chi connectivity index (χ0) is 9.94. The van der Waals surface area contributed by atoms with Crippen molar-refractivity contribution in [2.24, 2.45) is 11.5 Å². The number of hydrogen-bond acceptors (Lipinski definition) is 5. The number of hydrogen-bond donors (Lipinski definition) is 5. The Bertz CT molecular complexity index is 86.6. The molecule has 1 heterocycles. The molecule has 0 saturated carbocycles. The second-order valence-corrected chi connectivity index (χ2v) is 2.97. The molecule has 1 aliphatic rings. The summed E-state index contributed by atoms with van der Waals surface area (Å²) in [4.78, 5) is 0. The summed E-state index contributed by atoms with van der Waals surface area (Å²) in [6, 6.07) is 0. The average Bonchev–Trinajstić information content (AvgIpc) is 2.22. The van der Waals surface area contributed by atoms with E-state index in [0.717, 1.165) is 26.2 Å². The lowest BCUT2D eigenvalue weighted by molar-refractivity contribution is 0.175. The van der Waals surface area contributed by atoms with E-state index in [9.17, 15) is 0 Å². The SMILES string of the molecule is C1CNCCN1.NCCC(O)CN. The van der Waals surface area contributed by atoms with Gasteiger partial charge in [0.2, 0.25) is 0 Å². The minimum Gasteiger partial charge on any atom is -0.392 e. The molecule has 80 valence electrons. The smallest absolute Gasteiger partial charge is 0.0674 e. The largest absolute Gasteiger partial charge is 0.392 e. The van der Waals surface area contributed by atoms with E-state index in [1.54, 1.807) is 0 Å². The zero-order valence-electron chi connectivity index (χ0n) is 8.13. The lowest BCUT2D eigenvalue weighted by Crippen LogP contribution is -2.39. The van der Waals surface area contributed by atoms with Gasteiger partial charge < -0.3 is 27.2 Å². The van der Waals surface area contributed by atoms with Crippen LogP contribution in [0.1, 0.15) is 6.42 Å². The quantitative estimate of drug-likeness (QED) is 0.349. The number of aliphatic hydroxyl groups excluding tert-OH is 1. The van der Waals surface area contributed by atoms with Crippen LogP contribution in [0.25, 0.3) is 0 Å². The van der Waals surface area contributed by atoms with Gasteiger partial charge in [0.05, 0.1) is 6.10 Å². The summed E-state index contributed by atoms with van der Waals surface area (Å²) in [5, 5.41) is 15.1. The highest BCUT2D eigenvalue weighted by atomic mass is 16.3. The Morgan fingerprint density at radius 2 is 1.54 bits per heavy atom. The topological polar surface area (TPSA) is 96.3 Å². The highest BCUT2D eigenvalue weighted by Gasteiger charge is 1.95. The Hall–Kier alpha value is -0.200. The van der Waals surface area contributed by atoms with Crippen molar-refractivity contribution in [2.45, 2.75) is 12.5 Å². The first-order chi connectivity index (χ1) is 6.31. The van der Waals surface area contributed by atoms with Crippen molar-refractivity contribution in [1.82, 2.24) is 10.6 Å². The fraction of sp³-hybridized carbons (Fsp3) is 1.00. The summed E-state index contributed by atoms with van der Waals surface area (Å²) in [7, 11) is 0. The summed E-state index contributed by atoms with van der Waals surface area (Å²) in [6.07, 6.45) is 0.209. The molecule has 1 unspecified atom stereocenters. The highest BCUT2D eigenvalue weighted by molar-refractivity contribution is 4.59. The normalized spacial score (nSPS) is 18.7. The molecule has 0 radical (unpaired) electrons. The number of nitrogens with two attached hydrogens (primary N) is 2. The molecule has 13 heavy (non-hydrogen) atoms. The second-order valence-electron chi connectivity index (χ2n) is 2.97. The van der Waals surface area contributed by atoms with Crippen molar-refractivity contribution < 1.29 is 5.11 Å². The Labute approximate surface area is 79.9 Å². The molecule has 0 aliphatic carbocycles. The van der Waals surface area contributed by atoms with Crippen LogP contribution < -0.4 is 22.1 Å². The first-order valence-electron chi connectivity index (χ1n) is 4.81. The van der Waals surface area contributed by atoms with Gasteiger partial charge in [0.25, 0.3) is 0 Å². The second kappa shape index (κ2) is 9.88. The molecule has 0 aromatic rings. The van der Waals surface area contributed by atoms with Crippen molar-refractivity contribution in [1.29, 1.82) is 0 Å². The third kappa shape index (κ3) is 9.72. The van der Waals surface area contributed by atoms with E-state index in [0.29, 0.717) is 19.5 Å². The summed E-state index contributed by atoms with van der Waals surface area (Å²) >= 11 is 0. The molecule has 0 spiro atoms. The number of aliphatic hydroxyl groups is 1. The molecule has 5 heteroatoms. The Morgan fingerprint density at radius 3 is 1.69 bits per heavy atom. The standard InChI is InChI=1S/C4H12N2O.C4H10N2/c5-2-1-4(7)3-6;1-2-6-4-3-5-1/h4,7H,1-3,5-6H2;5-6H,1-4H2. The summed E-state index contributed by atoms with van der Waals surface area (Å²) in [5.74, 6) is 0. The van der Waals surface area contributed by atoms with E-state index in [-0.39, 0.29) is 0 Å². The van der Waals surface area contributed by atoms with Gasteiger partial charge in [-0.3, -0.25) is 0 Å². The van der Waals surface area contributed by atoms with Gasteiger partial charge in [-0.05, 0) is 13.0 Å². The molecule has 1 atom stereocenters. The molecule has 1 fully saturated rings. The summed E-state index contributed by atoms with van der Waals surface area (Å²) < 4.78 is 0. The Kier molecular flexibility index (Phi) is 9.73. The predicted octanol–water partition coefficient (Wildman–Crippen LogP) is -2.17. The summed E-state index contributed by atoms with van der Waals surface area (Å²) in [6.45, 7) is 5.38. The maximum Gasteiger partial charge on any atom is 0.0674 e. The van der Waals surface area contributed by atoms with Crippen LogP contribution in [0.5, 0.6) is 0 Å². The third-order valence-electron chi connectivity index (χ3n) is 1.73. The van der Waals surface area contributed by atoms with Crippen LogP contribution in [0.2, 0.25) is 0 Å². The number of nitrogens with one attached hydrogen (secondary N) is 2. The molecule has 7 N–H and O–H groups in total. The molecule has 0 aromatic carbocycles. The molecule has 0 aromatic heterocycles. The van der Waals surface area contributed by atoms with Gasteiger partial charge in [-0.1, -0.05) is 0 Å². The maximum atomic E-state index is 8.65. The maximum absolute atomic E-state index is 8.65. The van der Waals surface area contributed by atoms with Gasteiger partial charge in [0.15, 0.2) is 0 Å². The van der Waals surface area contributed by atoms with Crippen LogP contribution in [0.4, 0.5) is 0 Å². The van der Waals surface area contributed by atoms with E-state index >= 15 is 0 Å². The van der Waals surface area contributed by atoms with E-state index in [1.807, 2.05) is 0 Å². The lowest BCUT2D eigenvalue weighted by Gasteiger charge is -2.11. The van der Waals surface area contributed by atoms with E-state index in [2.05, 4.69) is 10.6 Å². The molecular formula is C8H22N4O. The van der Waals surface area contributed by atoms with Gasteiger partial charge in [0.1, 0.15) is 0 Å². The minimum atomic E-state index is -0.398. The zero-order valence-corrected chi connectivity index (χ0v) is 8.13. The Morgan fingerprint density at radius 1 is 1.08 bits per heavy atom. The van der Waals surface area contributed by atoms with Crippen LogP contribution in [-0.4, -0.2) is 50.5 Å². The first kappa shape index (κ1) is 12.8. The van der Waals surface area contributed by atoms with Crippen LogP contribution in [0, 0.1) is 0 Å². The van der Waals surface area contributed by atoms with Gasteiger partial charge in [-0.2, -0.15) is 0 Å². The van der Waals surface area contributed by atoms with Crippen molar-refractivity contribution in [3.05, 3.63) is 0 Å². The fourth-order valence-electron chi connectivity index (χ4n) is 0.914. The molecule has 1 saturated heterocycles. The monoisotopic (exact) mass is 190 g/mol.